The quantitative estimate of drug-likeness (QED) is 0.706. The van der Waals surface area contributed by atoms with E-state index in [0.717, 1.165) is 12.1 Å². The van der Waals surface area contributed by atoms with E-state index in [1.54, 1.807) is 0 Å². The molecule has 0 aliphatic rings. The van der Waals surface area contributed by atoms with E-state index in [1.165, 1.54) is 0 Å². The largest absolute Gasteiger partial charge is 0.481 e. The zero-order valence-corrected chi connectivity index (χ0v) is 10.8. The van der Waals surface area contributed by atoms with Gasteiger partial charge in [0, 0.05) is 18.1 Å². The Morgan fingerprint density at radius 3 is 2.14 bits per heavy atom. The van der Waals surface area contributed by atoms with Gasteiger partial charge in [-0.2, -0.15) is 0 Å². The van der Waals surface area contributed by atoms with Crippen LogP contribution in [0, 0.1) is 11.6 Å². The van der Waals surface area contributed by atoms with Crippen LogP contribution in [-0.2, 0) is 9.59 Å². The molecule has 0 aliphatic heterocycles. The minimum Gasteiger partial charge on any atom is -0.481 e. The molecule has 114 valence electrons. The van der Waals surface area contributed by atoms with Gasteiger partial charge in [0.25, 0.3) is 5.91 Å². The summed E-state index contributed by atoms with van der Waals surface area (Å²) in [5, 5.41) is 19.5. The van der Waals surface area contributed by atoms with Gasteiger partial charge < -0.3 is 15.5 Å². The molecule has 0 bridgehead atoms. The van der Waals surface area contributed by atoms with E-state index in [1.807, 2.05) is 0 Å². The topological polar surface area (TPSA) is 104 Å². The molecule has 1 rings (SSSR count). The van der Waals surface area contributed by atoms with Gasteiger partial charge in [-0.15, -0.1) is 0 Å². The monoisotopic (exact) mass is 301 g/mol. The predicted molar refractivity (Wildman–Crippen MR) is 66.7 cm³/mol. The number of nitrogens with one attached hydrogen (secondary N) is 1. The van der Waals surface area contributed by atoms with Gasteiger partial charge in [-0.3, -0.25) is 9.59 Å². The van der Waals surface area contributed by atoms with E-state index >= 15 is 0 Å². The van der Waals surface area contributed by atoms with Crippen LogP contribution in [0.25, 0.3) is 0 Å². The molecule has 3 N–H and O–H groups in total. The summed E-state index contributed by atoms with van der Waals surface area (Å²) < 4.78 is 25.9. The Labute approximate surface area is 118 Å². The first-order chi connectivity index (χ1) is 9.79. The van der Waals surface area contributed by atoms with Crippen molar-refractivity contribution in [3.63, 3.8) is 0 Å². The second kappa shape index (κ2) is 7.32. The summed E-state index contributed by atoms with van der Waals surface area (Å²) in [6.45, 7) is 0. The Bertz CT molecular complexity index is 541. The van der Waals surface area contributed by atoms with Gasteiger partial charge in [-0.25, -0.2) is 13.6 Å². The molecule has 6 nitrogen and oxygen atoms in total. The summed E-state index contributed by atoms with van der Waals surface area (Å²) >= 11 is 0. The van der Waals surface area contributed by atoms with Crippen molar-refractivity contribution in [3.05, 3.63) is 35.4 Å². The Balaban J connectivity index is 2.71. The molecule has 1 aromatic carbocycles. The van der Waals surface area contributed by atoms with E-state index < -0.39 is 35.5 Å². The van der Waals surface area contributed by atoms with Crippen LogP contribution in [0.1, 0.15) is 29.6 Å². The molecule has 0 unspecified atom stereocenters. The lowest BCUT2D eigenvalue weighted by molar-refractivity contribution is -0.140. The summed E-state index contributed by atoms with van der Waals surface area (Å²) in [7, 11) is 0. The van der Waals surface area contributed by atoms with E-state index in [-0.39, 0.29) is 24.8 Å². The van der Waals surface area contributed by atoms with Crippen LogP contribution in [0.3, 0.4) is 0 Å². The Morgan fingerprint density at radius 1 is 1.10 bits per heavy atom. The van der Waals surface area contributed by atoms with Crippen molar-refractivity contribution in [1.29, 1.82) is 0 Å². The number of carbonyl (C=O) groups is 3. The fourth-order valence-corrected chi connectivity index (χ4v) is 1.64. The van der Waals surface area contributed by atoms with Crippen LogP contribution in [0.5, 0.6) is 0 Å². The van der Waals surface area contributed by atoms with E-state index in [9.17, 15) is 23.2 Å². The number of halogens is 2. The molecular weight excluding hydrogens is 288 g/mol. The first-order valence-corrected chi connectivity index (χ1v) is 6.01. The molecular formula is C13H13F2NO5. The highest BCUT2D eigenvalue weighted by Crippen LogP contribution is 2.09. The Kier molecular flexibility index (Phi) is 5.77. The van der Waals surface area contributed by atoms with Crippen LogP contribution >= 0.6 is 0 Å². The lowest BCUT2D eigenvalue weighted by Gasteiger charge is -2.14. The van der Waals surface area contributed by atoms with Gasteiger partial charge in [0.1, 0.15) is 17.7 Å². The van der Waals surface area contributed by atoms with Crippen molar-refractivity contribution < 1.29 is 33.4 Å². The standard InChI is InChI=1S/C13H13F2NO5/c14-8-4-7(5-9(15)6-8)12(19)16-10(13(20)21)2-1-3-11(17)18/h4-6,10H,1-3H2,(H,16,19)(H,17,18)(H,20,21)/t10-/m1/s1. The number of amides is 1. The third kappa shape index (κ3) is 5.55. The molecule has 1 amide bonds. The van der Waals surface area contributed by atoms with Gasteiger partial charge in [0.05, 0.1) is 0 Å². The molecule has 0 radical (unpaired) electrons. The Morgan fingerprint density at radius 2 is 1.67 bits per heavy atom. The zero-order valence-electron chi connectivity index (χ0n) is 10.8. The third-order valence-electron chi connectivity index (χ3n) is 2.61. The van der Waals surface area contributed by atoms with Crippen molar-refractivity contribution in [2.45, 2.75) is 25.3 Å². The molecule has 0 aliphatic carbocycles. The molecule has 1 atom stereocenters. The van der Waals surface area contributed by atoms with E-state index in [4.69, 9.17) is 10.2 Å². The number of aliphatic carboxylic acids is 2. The normalized spacial score (nSPS) is 11.7. The molecule has 0 aromatic heterocycles. The van der Waals surface area contributed by atoms with Crippen LogP contribution in [-0.4, -0.2) is 34.1 Å². The first-order valence-electron chi connectivity index (χ1n) is 6.01. The molecule has 0 heterocycles. The average molecular weight is 301 g/mol. The first kappa shape index (κ1) is 16.5. The number of carboxylic acid groups (broad SMARTS) is 2. The maximum Gasteiger partial charge on any atom is 0.326 e. The van der Waals surface area contributed by atoms with Crippen molar-refractivity contribution >= 4 is 17.8 Å². The molecule has 0 fully saturated rings. The van der Waals surface area contributed by atoms with E-state index in [0.29, 0.717) is 6.07 Å². The molecule has 1 aromatic rings. The van der Waals surface area contributed by atoms with Crippen molar-refractivity contribution in [2.75, 3.05) is 0 Å². The predicted octanol–water partition coefficient (Wildman–Crippen LogP) is 1.40. The minimum atomic E-state index is -1.36. The van der Waals surface area contributed by atoms with Crippen LogP contribution in [0.15, 0.2) is 18.2 Å². The lowest BCUT2D eigenvalue weighted by atomic mass is 10.1. The highest BCUT2D eigenvalue weighted by Gasteiger charge is 2.21. The lowest BCUT2D eigenvalue weighted by Crippen LogP contribution is -2.40. The maximum atomic E-state index is 13.0. The van der Waals surface area contributed by atoms with Crippen molar-refractivity contribution in [3.8, 4) is 0 Å². The summed E-state index contributed by atoms with van der Waals surface area (Å²) in [5.41, 5.74) is -0.350. The van der Waals surface area contributed by atoms with Gasteiger partial charge >= 0.3 is 11.9 Å². The molecule has 0 saturated heterocycles. The van der Waals surface area contributed by atoms with Crippen LogP contribution < -0.4 is 5.32 Å². The fraction of sp³-hybridized carbons (Fsp3) is 0.308. The van der Waals surface area contributed by atoms with Crippen molar-refractivity contribution in [1.82, 2.24) is 5.32 Å². The van der Waals surface area contributed by atoms with Gasteiger partial charge in [0.15, 0.2) is 0 Å². The fourth-order valence-electron chi connectivity index (χ4n) is 1.64. The highest BCUT2D eigenvalue weighted by atomic mass is 19.1. The summed E-state index contributed by atoms with van der Waals surface area (Å²) in [6, 6.07) is 0.796. The molecule has 0 spiro atoms. The third-order valence-corrected chi connectivity index (χ3v) is 2.61. The number of rotatable bonds is 7. The van der Waals surface area contributed by atoms with Gasteiger partial charge in [-0.1, -0.05) is 0 Å². The summed E-state index contributed by atoms with van der Waals surface area (Å²) in [5.74, 6) is -5.31. The second-order valence-corrected chi connectivity index (χ2v) is 4.31. The zero-order chi connectivity index (χ0) is 16.0. The number of carboxylic acids is 2. The molecule has 0 saturated carbocycles. The average Bonchev–Trinajstić information content (AvgIpc) is 2.35. The number of carbonyl (C=O) groups excluding carboxylic acids is 1. The Hall–Kier alpha value is -2.51. The minimum absolute atomic E-state index is 0.0457. The molecule has 8 heteroatoms. The summed E-state index contributed by atoms with van der Waals surface area (Å²) in [6.07, 6.45) is -0.302. The smallest absolute Gasteiger partial charge is 0.326 e. The molecule has 21 heavy (non-hydrogen) atoms. The maximum absolute atomic E-state index is 13.0. The number of benzene rings is 1. The number of hydrogen-bond acceptors (Lipinski definition) is 3. The van der Waals surface area contributed by atoms with Crippen LogP contribution in [0.4, 0.5) is 8.78 Å². The van der Waals surface area contributed by atoms with Gasteiger partial charge in [-0.05, 0) is 25.0 Å². The SMILES string of the molecule is O=C(O)CCC[C@@H](NC(=O)c1cc(F)cc(F)c1)C(=O)O. The van der Waals surface area contributed by atoms with E-state index in [2.05, 4.69) is 5.32 Å². The van der Waals surface area contributed by atoms with Gasteiger partial charge in [0.2, 0.25) is 0 Å². The van der Waals surface area contributed by atoms with Crippen molar-refractivity contribution in [2.24, 2.45) is 0 Å². The summed E-state index contributed by atoms with van der Waals surface area (Å²) in [4.78, 5) is 33.1. The number of hydrogen-bond donors (Lipinski definition) is 3. The van der Waals surface area contributed by atoms with Crippen LogP contribution in [0.2, 0.25) is 0 Å². The highest BCUT2D eigenvalue weighted by molar-refractivity contribution is 5.96. The second-order valence-electron chi connectivity index (χ2n) is 4.31.